The van der Waals surface area contributed by atoms with Crippen LogP contribution in [0.3, 0.4) is 0 Å². The van der Waals surface area contributed by atoms with Crippen LogP contribution in [0, 0.1) is 0 Å². The molecule has 118 valence electrons. The van der Waals surface area contributed by atoms with Crippen LogP contribution in [0.4, 0.5) is 17.6 Å². The van der Waals surface area contributed by atoms with Crippen LogP contribution in [0.25, 0.3) is 0 Å². The maximum atomic E-state index is 13.8. The molecule has 0 N–H and O–H groups in total. The molecule has 0 aromatic rings. The fourth-order valence-electron chi connectivity index (χ4n) is 1.90. The van der Waals surface area contributed by atoms with Gasteiger partial charge in [0.2, 0.25) is 5.60 Å². The van der Waals surface area contributed by atoms with Crippen molar-refractivity contribution >= 4 is 5.97 Å². The number of esters is 1. The van der Waals surface area contributed by atoms with Gasteiger partial charge in [-0.3, -0.25) is 0 Å². The minimum absolute atomic E-state index is 0.0208. The van der Waals surface area contributed by atoms with Gasteiger partial charge in [0.05, 0.1) is 13.2 Å². The highest BCUT2D eigenvalue weighted by atomic mass is 19.3. The Morgan fingerprint density at radius 1 is 1.35 bits per heavy atom. The Bertz CT molecular complexity index is 339. The van der Waals surface area contributed by atoms with E-state index in [1.54, 1.807) is 0 Å². The van der Waals surface area contributed by atoms with E-state index in [0.717, 1.165) is 0 Å². The van der Waals surface area contributed by atoms with E-state index in [4.69, 9.17) is 4.74 Å². The van der Waals surface area contributed by atoms with Gasteiger partial charge >= 0.3 is 11.9 Å². The van der Waals surface area contributed by atoms with Crippen LogP contribution in [0.15, 0.2) is 0 Å². The lowest BCUT2D eigenvalue weighted by atomic mass is 9.90. The van der Waals surface area contributed by atoms with Gasteiger partial charge < -0.3 is 18.9 Å². The highest BCUT2D eigenvalue weighted by Crippen LogP contribution is 2.48. The Morgan fingerprint density at radius 2 is 2.00 bits per heavy atom. The quantitative estimate of drug-likeness (QED) is 0.295. The summed E-state index contributed by atoms with van der Waals surface area (Å²) in [6.45, 7) is 0.642. The van der Waals surface area contributed by atoms with E-state index in [9.17, 15) is 22.4 Å². The Morgan fingerprint density at radius 3 is 2.50 bits per heavy atom. The summed E-state index contributed by atoms with van der Waals surface area (Å²) in [5.74, 6) is -6.45. The molecule has 1 heterocycles. The van der Waals surface area contributed by atoms with E-state index in [1.165, 1.54) is 14.0 Å². The summed E-state index contributed by atoms with van der Waals surface area (Å²) in [5.41, 5.74) is -3.33. The van der Waals surface area contributed by atoms with Gasteiger partial charge in [-0.1, -0.05) is 6.92 Å². The van der Waals surface area contributed by atoms with Crippen LogP contribution in [-0.2, 0) is 23.7 Å². The molecule has 0 aromatic heterocycles. The predicted octanol–water partition coefficient (Wildman–Crippen LogP) is 1.60. The van der Waals surface area contributed by atoms with E-state index < -0.39 is 36.8 Å². The monoisotopic (exact) mass is 304 g/mol. The van der Waals surface area contributed by atoms with Gasteiger partial charge in [-0.05, 0) is 6.42 Å². The Balaban J connectivity index is 2.85. The topological polar surface area (TPSA) is 54.0 Å². The molecule has 0 saturated carbocycles. The fraction of sp³-hybridized carbons (Fsp3) is 0.909. The van der Waals surface area contributed by atoms with E-state index >= 15 is 0 Å². The van der Waals surface area contributed by atoms with E-state index in [2.05, 4.69) is 14.2 Å². The first-order chi connectivity index (χ1) is 9.34. The Kier molecular flexibility index (Phi) is 5.72. The van der Waals surface area contributed by atoms with Crippen LogP contribution in [-0.4, -0.2) is 57.1 Å². The van der Waals surface area contributed by atoms with Crippen molar-refractivity contribution in [2.24, 2.45) is 0 Å². The lowest BCUT2D eigenvalue weighted by Gasteiger charge is -2.34. The second-order valence-corrected chi connectivity index (χ2v) is 4.13. The molecular weight excluding hydrogens is 288 g/mol. The summed E-state index contributed by atoms with van der Waals surface area (Å²) in [6.07, 6.45) is -5.58. The first-order valence-electron chi connectivity index (χ1n) is 5.92. The van der Waals surface area contributed by atoms with Crippen molar-refractivity contribution in [1.82, 2.24) is 0 Å². The standard InChI is InChI=1S/C11H16F4O5/c1-3-7-10(8(12)13,11(14,15)9(16)20-7)19-6-18-5-4-17-2/h7-8H,3-6H2,1-2H3/t7-,10-/m0/s1. The molecule has 2 atom stereocenters. The third kappa shape index (κ3) is 2.75. The molecule has 0 spiro atoms. The molecule has 1 rings (SSSR count). The number of carbonyl (C=O) groups is 1. The van der Waals surface area contributed by atoms with E-state index in [1.807, 2.05) is 0 Å². The van der Waals surface area contributed by atoms with Crippen molar-refractivity contribution < 1.29 is 41.3 Å². The van der Waals surface area contributed by atoms with Crippen molar-refractivity contribution in [3.63, 3.8) is 0 Å². The molecule has 1 aliphatic heterocycles. The van der Waals surface area contributed by atoms with Gasteiger partial charge in [0.25, 0.3) is 6.43 Å². The predicted molar refractivity (Wildman–Crippen MR) is 57.6 cm³/mol. The molecule has 0 bridgehead atoms. The van der Waals surface area contributed by atoms with Crippen molar-refractivity contribution in [1.29, 1.82) is 0 Å². The van der Waals surface area contributed by atoms with Gasteiger partial charge in [-0.25, -0.2) is 13.6 Å². The number of alkyl halides is 4. The lowest BCUT2D eigenvalue weighted by Crippen LogP contribution is -2.60. The minimum atomic E-state index is -4.44. The van der Waals surface area contributed by atoms with Crippen molar-refractivity contribution in [3.05, 3.63) is 0 Å². The third-order valence-corrected chi connectivity index (χ3v) is 2.98. The van der Waals surface area contributed by atoms with Crippen LogP contribution in [0.2, 0.25) is 0 Å². The van der Waals surface area contributed by atoms with Gasteiger partial charge in [0.1, 0.15) is 12.9 Å². The van der Waals surface area contributed by atoms with E-state index in [0.29, 0.717) is 0 Å². The second-order valence-electron chi connectivity index (χ2n) is 4.13. The molecule has 0 amide bonds. The Hall–Kier alpha value is -0.930. The maximum absolute atomic E-state index is 13.8. The molecule has 9 heteroatoms. The van der Waals surface area contributed by atoms with E-state index in [-0.39, 0.29) is 19.6 Å². The number of rotatable bonds is 8. The lowest BCUT2D eigenvalue weighted by molar-refractivity contribution is -0.276. The van der Waals surface area contributed by atoms with Crippen molar-refractivity contribution in [2.45, 2.75) is 37.4 Å². The minimum Gasteiger partial charge on any atom is -0.454 e. The summed E-state index contributed by atoms with van der Waals surface area (Å²) in [7, 11) is 1.38. The number of methoxy groups -OCH3 is 1. The number of hydrogen-bond donors (Lipinski definition) is 0. The van der Waals surface area contributed by atoms with Gasteiger partial charge in [-0.15, -0.1) is 0 Å². The number of hydrogen-bond acceptors (Lipinski definition) is 5. The molecule has 5 nitrogen and oxygen atoms in total. The number of halogens is 4. The summed E-state index contributed by atoms with van der Waals surface area (Å²) in [6, 6.07) is 0. The maximum Gasteiger partial charge on any atom is 0.381 e. The van der Waals surface area contributed by atoms with Crippen molar-refractivity contribution in [3.8, 4) is 0 Å². The molecule has 1 aliphatic rings. The summed E-state index contributed by atoms with van der Waals surface area (Å²) in [4.78, 5) is 11.1. The summed E-state index contributed by atoms with van der Waals surface area (Å²) < 4.78 is 72.1. The largest absolute Gasteiger partial charge is 0.454 e. The molecule has 0 radical (unpaired) electrons. The number of cyclic esters (lactones) is 1. The molecular formula is C11H16F4O5. The summed E-state index contributed by atoms with van der Waals surface area (Å²) >= 11 is 0. The summed E-state index contributed by atoms with van der Waals surface area (Å²) in [5, 5.41) is 0. The van der Waals surface area contributed by atoms with Gasteiger partial charge in [-0.2, -0.15) is 8.78 Å². The Labute approximate surface area is 113 Å². The highest BCUT2D eigenvalue weighted by molar-refractivity contribution is 5.82. The van der Waals surface area contributed by atoms with Crippen molar-refractivity contribution in [2.75, 3.05) is 27.1 Å². The third-order valence-electron chi connectivity index (χ3n) is 2.98. The molecule has 1 fully saturated rings. The normalized spacial score (nSPS) is 28.9. The van der Waals surface area contributed by atoms with Crippen LogP contribution < -0.4 is 0 Å². The SMILES string of the molecule is CC[C@@H]1OC(=O)C(F)(F)[C@@]1(OCOCCOC)C(F)F. The van der Waals surface area contributed by atoms with Gasteiger partial charge in [0.15, 0.2) is 0 Å². The second kappa shape index (κ2) is 6.68. The first-order valence-corrected chi connectivity index (χ1v) is 5.92. The molecule has 0 aromatic carbocycles. The average molecular weight is 304 g/mol. The highest BCUT2D eigenvalue weighted by Gasteiger charge is 2.76. The molecule has 1 saturated heterocycles. The van der Waals surface area contributed by atoms with Crippen LogP contribution in [0.1, 0.15) is 13.3 Å². The fourth-order valence-corrected chi connectivity index (χ4v) is 1.90. The molecule has 0 aliphatic carbocycles. The average Bonchev–Trinajstić information content (AvgIpc) is 2.58. The number of carbonyl (C=O) groups excluding carboxylic acids is 1. The zero-order chi connectivity index (χ0) is 15.4. The molecule has 20 heavy (non-hydrogen) atoms. The smallest absolute Gasteiger partial charge is 0.381 e. The zero-order valence-corrected chi connectivity index (χ0v) is 11.0. The number of ether oxygens (including phenoxy) is 4. The molecule has 0 unspecified atom stereocenters. The first kappa shape index (κ1) is 17.1. The van der Waals surface area contributed by atoms with Gasteiger partial charge in [0, 0.05) is 7.11 Å². The van der Waals surface area contributed by atoms with Crippen LogP contribution >= 0.6 is 0 Å². The van der Waals surface area contributed by atoms with Crippen LogP contribution in [0.5, 0.6) is 0 Å². The zero-order valence-electron chi connectivity index (χ0n) is 11.0.